The molecule has 0 spiro atoms. The molecule has 4 aromatic carbocycles. The molecule has 6 rings (SSSR count). The minimum Gasteiger partial charge on any atom is -0.223 e. The number of aryl methyl sites for hydroxylation is 1. The summed E-state index contributed by atoms with van der Waals surface area (Å²) in [5.74, 6) is 0.599. The first-order chi connectivity index (χ1) is 17.5. The van der Waals surface area contributed by atoms with Gasteiger partial charge in [-0.3, -0.25) is 0 Å². The standard InChI is InChI=1S/C30H22Br2N4/c1-19-10-15-26-25(16-19)29(21-6-3-2-4-7-21)34-30(33-26)36-28(22-8-5-9-24(32)17-22)18-27(35-36)20-11-13-23(31)14-12-20/h2-17,28H,18H2,1H3. The molecule has 4 nitrogen and oxygen atoms in total. The van der Waals surface area contributed by atoms with E-state index in [4.69, 9.17) is 15.1 Å². The van der Waals surface area contributed by atoms with Gasteiger partial charge in [0.25, 0.3) is 0 Å². The molecule has 1 unspecified atom stereocenters. The highest BCUT2D eigenvalue weighted by atomic mass is 79.9. The van der Waals surface area contributed by atoms with E-state index in [1.807, 2.05) is 29.3 Å². The summed E-state index contributed by atoms with van der Waals surface area (Å²) in [4.78, 5) is 10.1. The van der Waals surface area contributed by atoms with Crippen LogP contribution in [-0.2, 0) is 0 Å². The van der Waals surface area contributed by atoms with E-state index in [0.29, 0.717) is 5.95 Å². The van der Waals surface area contributed by atoms with Crippen molar-refractivity contribution in [2.24, 2.45) is 5.10 Å². The molecule has 6 heteroatoms. The number of fused-ring (bicyclic) bond motifs is 1. The van der Waals surface area contributed by atoms with Crippen LogP contribution in [-0.4, -0.2) is 15.7 Å². The highest BCUT2D eigenvalue weighted by Crippen LogP contribution is 2.38. The third-order valence-electron chi connectivity index (χ3n) is 6.41. The molecular weight excluding hydrogens is 576 g/mol. The fourth-order valence-electron chi connectivity index (χ4n) is 4.63. The van der Waals surface area contributed by atoms with Crippen LogP contribution in [0.25, 0.3) is 22.2 Å². The molecule has 0 radical (unpaired) electrons. The average molecular weight is 598 g/mol. The lowest BCUT2D eigenvalue weighted by atomic mass is 9.98. The molecule has 36 heavy (non-hydrogen) atoms. The Hall–Kier alpha value is -3.35. The minimum atomic E-state index is -0.0207. The number of rotatable bonds is 4. The molecule has 0 saturated carbocycles. The number of benzene rings is 4. The highest BCUT2D eigenvalue weighted by Gasteiger charge is 2.32. The Labute approximate surface area is 227 Å². The summed E-state index contributed by atoms with van der Waals surface area (Å²) in [7, 11) is 0. The SMILES string of the molecule is Cc1ccc2nc(N3N=C(c4ccc(Br)cc4)CC3c3cccc(Br)c3)nc(-c3ccccc3)c2c1. The molecule has 2 heterocycles. The molecule has 1 aliphatic rings. The normalized spacial score (nSPS) is 15.4. The Morgan fingerprint density at radius 1 is 0.750 bits per heavy atom. The molecule has 176 valence electrons. The molecule has 1 aromatic heterocycles. The third-order valence-corrected chi connectivity index (χ3v) is 7.43. The van der Waals surface area contributed by atoms with Crippen LogP contribution in [0.1, 0.15) is 29.2 Å². The number of hydrogen-bond donors (Lipinski definition) is 0. The van der Waals surface area contributed by atoms with E-state index in [1.54, 1.807) is 0 Å². The second-order valence-electron chi connectivity index (χ2n) is 8.93. The molecule has 0 N–H and O–H groups in total. The van der Waals surface area contributed by atoms with E-state index in [9.17, 15) is 0 Å². The summed E-state index contributed by atoms with van der Waals surface area (Å²) < 4.78 is 2.09. The Kier molecular flexibility index (Phi) is 6.15. The van der Waals surface area contributed by atoms with Crippen molar-refractivity contribution >= 4 is 54.4 Å². The quantitative estimate of drug-likeness (QED) is 0.208. The average Bonchev–Trinajstić information content (AvgIpc) is 3.35. The van der Waals surface area contributed by atoms with Crippen molar-refractivity contribution in [2.45, 2.75) is 19.4 Å². The van der Waals surface area contributed by atoms with Crippen LogP contribution in [0.2, 0.25) is 0 Å². The number of nitrogens with zero attached hydrogens (tertiary/aromatic N) is 4. The van der Waals surface area contributed by atoms with Gasteiger partial charge in [0.15, 0.2) is 0 Å². The van der Waals surface area contributed by atoms with E-state index < -0.39 is 0 Å². The molecule has 0 amide bonds. The van der Waals surface area contributed by atoms with Gasteiger partial charge in [0.2, 0.25) is 5.95 Å². The largest absolute Gasteiger partial charge is 0.247 e. The number of hydrogen-bond acceptors (Lipinski definition) is 4. The van der Waals surface area contributed by atoms with Crippen molar-refractivity contribution in [2.75, 3.05) is 5.01 Å². The number of halogens is 2. The van der Waals surface area contributed by atoms with E-state index in [0.717, 1.165) is 54.4 Å². The van der Waals surface area contributed by atoms with Crippen molar-refractivity contribution < 1.29 is 0 Å². The van der Waals surface area contributed by atoms with Crippen molar-refractivity contribution in [3.8, 4) is 11.3 Å². The minimum absolute atomic E-state index is 0.0207. The van der Waals surface area contributed by atoms with Crippen LogP contribution in [0, 0.1) is 6.92 Å². The van der Waals surface area contributed by atoms with Gasteiger partial charge in [-0.05, 0) is 54.4 Å². The summed E-state index contributed by atoms with van der Waals surface area (Å²) in [6, 6.07) is 33.3. The van der Waals surface area contributed by atoms with Crippen LogP contribution in [0.15, 0.2) is 111 Å². The Balaban J connectivity index is 1.54. The highest BCUT2D eigenvalue weighted by molar-refractivity contribution is 9.10. The first kappa shape index (κ1) is 23.1. The first-order valence-electron chi connectivity index (χ1n) is 11.8. The fourth-order valence-corrected chi connectivity index (χ4v) is 5.31. The maximum Gasteiger partial charge on any atom is 0.247 e. The number of anilines is 1. The lowest BCUT2D eigenvalue weighted by Crippen LogP contribution is -2.21. The molecule has 1 atom stereocenters. The summed E-state index contributed by atoms with van der Waals surface area (Å²) in [6.45, 7) is 2.10. The van der Waals surface area contributed by atoms with Crippen LogP contribution in [0.5, 0.6) is 0 Å². The molecule has 0 fully saturated rings. The zero-order chi connectivity index (χ0) is 24.6. The first-order valence-corrected chi connectivity index (χ1v) is 13.4. The molecule has 0 saturated heterocycles. The zero-order valence-electron chi connectivity index (χ0n) is 19.6. The van der Waals surface area contributed by atoms with Crippen molar-refractivity contribution in [1.29, 1.82) is 0 Å². The summed E-state index contributed by atoms with van der Waals surface area (Å²) >= 11 is 7.18. The molecule has 0 bridgehead atoms. The Morgan fingerprint density at radius 2 is 1.56 bits per heavy atom. The Bertz CT molecular complexity index is 1600. The fraction of sp³-hybridized carbons (Fsp3) is 0.100. The van der Waals surface area contributed by atoms with Gasteiger partial charge in [-0.15, -0.1) is 0 Å². The molecule has 5 aromatic rings. The van der Waals surface area contributed by atoms with Gasteiger partial charge >= 0.3 is 0 Å². The van der Waals surface area contributed by atoms with E-state index in [1.165, 1.54) is 5.56 Å². The van der Waals surface area contributed by atoms with E-state index >= 15 is 0 Å². The zero-order valence-corrected chi connectivity index (χ0v) is 22.7. The van der Waals surface area contributed by atoms with E-state index in [-0.39, 0.29) is 6.04 Å². The monoisotopic (exact) mass is 596 g/mol. The lowest BCUT2D eigenvalue weighted by Gasteiger charge is -2.23. The summed E-state index contributed by atoms with van der Waals surface area (Å²) in [5, 5.41) is 8.13. The van der Waals surface area contributed by atoms with Crippen molar-refractivity contribution in [1.82, 2.24) is 9.97 Å². The van der Waals surface area contributed by atoms with Gasteiger partial charge in [-0.2, -0.15) is 5.10 Å². The topological polar surface area (TPSA) is 41.4 Å². The smallest absolute Gasteiger partial charge is 0.223 e. The van der Waals surface area contributed by atoms with Crippen molar-refractivity contribution in [3.63, 3.8) is 0 Å². The second kappa shape index (κ2) is 9.60. The second-order valence-corrected chi connectivity index (χ2v) is 10.8. The predicted molar refractivity (Wildman–Crippen MR) is 154 cm³/mol. The van der Waals surface area contributed by atoms with Crippen molar-refractivity contribution in [3.05, 3.63) is 123 Å². The third kappa shape index (κ3) is 4.47. The van der Waals surface area contributed by atoms with Gasteiger partial charge in [0.1, 0.15) is 0 Å². The molecule has 0 aliphatic carbocycles. The number of hydrazone groups is 1. The lowest BCUT2D eigenvalue weighted by molar-refractivity contribution is 0.688. The van der Waals surface area contributed by atoms with E-state index in [2.05, 4.69) is 112 Å². The van der Waals surface area contributed by atoms with Crippen LogP contribution in [0.4, 0.5) is 5.95 Å². The van der Waals surface area contributed by atoms with Gasteiger partial charge in [0, 0.05) is 26.3 Å². The Morgan fingerprint density at radius 3 is 2.33 bits per heavy atom. The van der Waals surface area contributed by atoms with Gasteiger partial charge < -0.3 is 0 Å². The van der Waals surface area contributed by atoms with Crippen LogP contribution in [0.3, 0.4) is 0 Å². The van der Waals surface area contributed by atoms with Gasteiger partial charge in [-0.1, -0.05) is 98.1 Å². The van der Waals surface area contributed by atoms with Gasteiger partial charge in [0.05, 0.1) is 23.0 Å². The van der Waals surface area contributed by atoms with Gasteiger partial charge in [-0.25, -0.2) is 15.0 Å². The predicted octanol–water partition coefficient (Wildman–Crippen LogP) is 8.49. The van der Waals surface area contributed by atoms with Crippen LogP contribution >= 0.6 is 31.9 Å². The maximum atomic E-state index is 5.12. The van der Waals surface area contributed by atoms with Crippen LogP contribution < -0.4 is 5.01 Å². The summed E-state index contributed by atoms with van der Waals surface area (Å²) in [6.07, 6.45) is 0.758. The number of aromatic nitrogens is 2. The molecular formula is C30H22Br2N4. The molecule has 1 aliphatic heterocycles. The summed E-state index contributed by atoms with van der Waals surface area (Å²) in [5.41, 5.74) is 7.34. The maximum absolute atomic E-state index is 5.12.